The molecule has 2 aromatic heterocycles. The summed E-state index contributed by atoms with van der Waals surface area (Å²) in [6.07, 6.45) is 1.76. The summed E-state index contributed by atoms with van der Waals surface area (Å²) in [7, 11) is 1.62. The Bertz CT molecular complexity index is 1050. The van der Waals surface area contributed by atoms with Crippen LogP contribution in [0.25, 0.3) is 5.52 Å². The monoisotopic (exact) mass is 351 g/mol. The summed E-state index contributed by atoms with van der Waals surface area (Å²) in [5.74, 6) is 0.483. The molecule has 1 aliphatic heterocycles. The summed E-state index contributed by atoms with van der Waals surface area (Å²) >= 11 is 0. The van der Waals surface area contributed by atoms with Crippen molar-refractivity contribution in [2.75, 3.05) is 7.11 Å². The molecule has 0 saturated heterocycles. The van der Waals surface area contributed by atoms with Gasteiger partial charge in [0, 0.05) is 28.2 Å². The van der Waals surface area contributed by atoms with Crippen molar-refractivity contribution in [1.29, 1.82) is 0 Å². The number of rotatable bonds is 2. The third-order valence-corrected chi connectivity index (χ3v) is 5.76. The Labute approximate surface area is 152 Å². The highest BCUT2D eigenvalue weighted by Crippen LogP contribution is 2.45. The lowest BCUT2D eigenvalue weighted by molar-refractivity contribution is 0.293. The normalized spacial score (nSPS) is 17.7. The summed E-state index contributed by atoms with van der Waals surface area (Å²) in [6, 6.07) is 11.0. The minimum atomic E-state index is -0.455. The van der Waals surface area contributed by atoms with E-state index in [0.717, 1.165) is 22.4 Å². The number of hydrogen-bond acceptors (Lipinski definition) is 3. The molecule has 26 heavy (non-hydrogen) atoms. The van der Waals surface area contributed by atoms with Crippen LogP contribution in [0.15, 0.2) is 47.6 Å². The molecular formula is C21H22FN3O. The largest absolute Gasteiger partial charge is 0.481 e. The Morgan fingerprint density at radius 1 is 1.08 bits per heavy atom. The fraction of sp³-hybridized carbons (Fsp3) is 0.333. The van der Waals surface area contributed by atoms with E-state index in [1.165, 1.54) is 6.07 Å². The molecule has 0 spiro atoms. The molecule has 0 atom stereocenters. The highest BCUT2D eigenvalue weighted by Gasteiger charge is 2.45. The fourth-order valence-corrected chi connectivity index (χ4v) is 3.62. The van der Waals surface area contributed by atoms with Crippen LogP contribution in [0.5, 0.6) is 5.88 Å². The maximum absolute atomic E-state index is 14.8. The molecule has 0 bridgehead atoms. The summed E-state index contributed by atoms with van der Waals surface area (Å²) < 4.78 is 21.8. The van der Waals surface area contributed by atoms with Gasteiger partial charge in [0.2, 0.25) is 5.88 Å². The molecule has 4 rings (SSSR count). The Kier molecular flexibility index (Phi) is 3.48. The lowest BCUT2D eigenvalue weighted by atomic mass is 9.65. The first kappa shape index (κ1) is 16.8. The lowest BCUT2D eigenvalue weighted by Crippen LogP contribution is -2.46. The van der Waals surface area contributed by atoms with Crippen LogP contribution in [-0.4, -0.2) is 28.0 Å². The van der Waals surface area contributed by atoms with Gasteiger partial charge in [-0.1, -0.05) is 26.0 Å². The predicted molar refractivity (Wildman–Crippen MR) is 101 cm³/mol. The first-order valence-electron chi connectivity index (χ1n) is 8.67. The highest BCUT2D eigenvalue weighted by atomic mass is 19.1. The number of hydrogen-bond donors (Lipinski definition) is 0. The lowest BCUT2D eigenvalue weighted by Gasteiger charge is -2.44. The third kappa shape index (κ3) is 2.19. The summed E-state index contributed by atoms with van der Waals surface area (Å²) in [5.41, 5.74) is 3.22. The van der Waals surface area contributed by atoms with Crippen molar-refractivity contribution in [3.63, 3.8) is 0 Å². The average molecular weight is 351 g/mol. The van der Waals surface area contributed by atoms with E-state index in [-0.39, 0.29) is 5.82 Å². The van der Waals surface area contributed by atoms with E-state index >= 15 is 0 Å². The van der Waals surface area contributed by atoms with Gasteiger partial charge in [0.05, 0.1) is 30.1 Å². The number of nitrogens with zero attached hydrogens (tertiary/aromatic N) is 3. The van der Waals surface area contributed by atoms with Gasteiger partial charge in [-0.2, -0.15) is 5.10 Å². The van der Waals surface area contributed by atoms with Gasteiger partial charge in [-0.05, 0) is 32.0 Å². The third-order valence-electron chi connectivity index (χ3n) is 5.76. The van der Waals surface area contributed by atoms with Crippen LogP contribution in [0.1, 0.15) is 44.4 Å². The molecule has 3 aromatic rings. The van der Waals surface area contributed by atoms with Gasteiger partial charge in [-0.25, -0.2) is 8.91 Å². The summed E-state index contributed by atoms with van der Waals surface area (Å²) in [5, 5.41) is 4.48. The van der Waals surface area contributed by atoms with Crippen molar-refractivity contribution in [2.45, 2.75) is 38.6 Å². The molecule has 0 unspecified atom stereocenters. The second-order valence-corrected chi connectivity index (χ2v) is 7.76. The van der Waals surface area contributed by atoms with Crippen molar-refractivity contribution < 1.29 is 9.13 Å². The molecule has 4 nitrogen and oxygen atoms in total. The van der Waals surface area contributed by atoms with Gasteiger partial charge in [0.15, 0.2) is 0 Å². The zero-order chi connectivity index (χ0) is 18.7. The van der Waals surface area contributed by atoms with E-state index in [1.54, 1.807) is 23.9 Å². The van der Waals surface area contributed by atoms with Crippen molar-refractivity contribution in [2.24, 2.45) is 4.99 Å². The second kappa shape index (κ2) is 5.40. The van der Waals surface area contributed by atoms with Crippen LogP contribution < -0.4 is 4.74 Å². The molecule has 0 amide bonds. The molecule has 3 heterocycles. The molecule has 1 aromatic carbocycles. The molecule has 5 heteroatoms. The smallest absolute Gasteiger partial charge is 0.214 e. The molecule has 0 aliphatic carbocycles. The summed E-state index contributed by atoms with van der Waals surface area (Å²) in [6.45, 7) is 8.20. The Balaban J connectivity index is 1.97. The van der Waals surface area contributed by atoms with Crippen LogP contribution >= 0.6 is 0 Å². The Morgan fingerprint density at radius 3 is 2.58 bits per heavy atom. The molecular weight excluding hydrogens is 329 g/mol. The first-order valence-corrected chi connectivity index (χ1v) is 8.67. The van der Waals surface area contributed by atoms with Crippen molar-refractivity contribution in [1.82, 2.24) is 9.61 Å². The van der Waals surface area contributed by atoms with E-state index < -0.39 is 11.0 Å². The molecule has 1 aliphatic rings. The highest BCUT2D eigenvalue weighted by molar-refractivity contribution is 6.15. The standard InChI is InChI=1S/C21H22FN3O/c1-20(2)18-15(7-6-8-16(18)22)19(24-21(20,3)4)13-11-14-9-10-17(26-5)25(14)23-12-13/h6-12H,1-5H3. The van der Waals surface area contributed by atoms with Crippen LogP contribution in [0.4, 0.5) is 4.39 Å². The van der Waals surface area contributed by atoms with Crippen LogP contribution in [0.2, 0.25) is 0 Å². The molecule has 0 radical (unpaired) electrons. The molecule has 134 valence electrons. The van der Waals surface area contributed by atoms with Gasteiger partial charge < -0.3 is 4.74 Å². The number of aromatic nitrogens is 2. The topological polar surface area (TPSA) is 38.9 Å². The average Bonchev–Trinajstić information content (AvgIpc) is 3.00. The van der Waals surface area contributed by atoms with E-state index in [2.05, 4.69) is 32.8 Å². The number of benzene rings is 1. The number of ether oxygens (including phenoxy) is 1. The predicted octanol–water partition coefficient (Wildman–Crippen LogP) is 4.39. The molecule has 0 saturated carbocycles. The van der Waals surface area contributed by atoms with Crippen LogP contribution in [0.3, 0.4) is 0 Å². The maximum atomic E-state index is 14.8. The van der Waals surface area contributed by atoms with Crippen LogP contribution in [-0.2, 0) is 5.41 Å². The number of fused-ring (bicyclic) bond motifs is 2. The second-order valence-electron chi connectivity index (χ2n) is 7.76. The Hall–Kier alpha value is -2.69. The Morgan fingerprint density at radius 2 is 1.85 bits per heavy atom. The first-order chi connectivity index (χ1) is 12.3. The maximum Gasteiger partial charge on any atom is 0.214 e. The SMILES string of the molecule is COc1ccc2cc(C3=NC(C)(C)C(C)(C)c4c(F)cccc43)cnn12. The van der Waals surface area contributed by atoms with E-state index in [9.17, 15) is 4.39 Å². The quantitative estimate of drug-likeness (QED) is 0.687. The van der Waals surface area contributed by atoms with E-state index in [1.807, 2.05) is 24.3 Å². The van der Waals surface area contributed by atoms with Crippen molar-refractivity contribution in [3.05, 3.63) is 65.1 Å². The zero-order valence-corrected chi connectivity index (χ0v) is 15.7. The van der Waals surface area contributed by atoms with Gasteiger partial charge >= 0.3 is 0 Å². The minimum Gasteiger partial charge on any atom is -0.481 e. The fourth-order valence-electron chi connectivity index (χ4n) is 3.62. The van der Waals surface area contributed by atoms with E-state index in [0.29, 0.717) is 11.4 Å². The van der Waals surface area contributed by atoms with E-state index in [4.69, 9.17) is 9.73 Å². The zero-order valence-electron chi connectivity index (χ0n) is 15.7. The minimum absolute atomic E-state index is 0.189. The summed E-state index contributed by atoms with van der Waals surface area (Å²) in [4.78, 5) is 5.02. The van der Waals surface area contributed by atoms with Gasteiger partial charge in [-0.3, -0.25) is 4.99 Å². The van der Waals surface area contributed by atoms with Crippen molar-refractivity contribution >= 4 is 11.2 Å². The van der Waals surface area contributed by atoms with Gasteiger partial charge in [0.25, 0.3) is 0 Å². The van der Waals surface area contributed by atoms with Gasteiger partial charge in [-0.15, -0.1) is 0 Å². The molecule has 0 N–H and O–H groups in total. The van der Waals surface area contributed by atoms with Crippen LogP contribution in [0, 0.1) is 5.82 Å². The number of halogens is 1. The van der Waals surface area contributed by atoms with Crippen molar-refractivity contribution in [3.8, 4) is 5.88 Å². The number of methoxy groups -OCH3 is 1. The van der Waals surface area contributed by atoms with Gasteiger partial charge in [0.1, 0.15) is 5.82 Å². The number of aliphatic imine (C=N–C) groups is 1. The molecule has 0 fully saturated rings.